The van der Waals surface area contributed by atoms with E-state index in [0.717, 1.165) is 47.6 Å². The van der Waals surface area contributed by atoms with Gasteiger partial charge in [0.05, 0.1) is 0 Å². The normalized spacial score (nSPS) is 12.9. The molecule has 0 N–H and O–H groups in total. The molecule has 0 bridgehead atoms. The van der Waals surface area contributed by atoms with Gasteiger partial charge in [0, 0.05) is 64.1 Å². The lowest BCUT2D eigenvalue weighted by molar-refractivity contribution is 0.448. The largest absolute Gasteiger partial charge is 0.378 e. The number of hydrogen-bond donors (Lipinski definition) is 0. The number of terminal acetylenes is 1. The first-order valence-electron chi connectivity index (χ1n) is 23.9. The van der Waals surface area contributed by atoms with Gasteiger partial charge in [-0.15, -0.1) is 12.3 Å². The molecular weight excluding hydrogens is 837 g/mol. The number of allylic oxidation sites excluding steroid dienone is 21. The van der Waals surface area contributed by atoms with Gasteiger partial charge in [0.15, 0.2) is 0 Å². The maximum Gasteiger partial charge on any atom is 0.0433 e. The van der Waals surface area contributed by atoms with Crippen LogP contribution in [0.3, 0.4) is 0 Å². The van der Waals surface area contributed by atoms with E-state index in [1.54, 1.807) is 19.1 Å². The maximum atomic E-state index is 4.60. The van der Waals surface area contributed by atoms with Crippen LogP contribution in [-0.4, -0.2) is 56.0 Å². The summed E-state index contributed by atoms with van der Waals surface area (Å²) in [5.74, 6) is 2.25. The summed E-state index contributed by atoms with van der Waals surface area (Å²) in [4.78, 5) is 8.55. The summed E-state index contributed by atoms with van der Waals surface area (Å²) in [6.07, 6.45) is 50.2. The Morgan fingerprint density at radius 2 is 1.26 bits per heavy atom. The first-order valence-corrected chi connectivity index (χ1v) is 23.9. The van der Waals surface area contributed by atoms with Crippen molar-refractivity contribution in [2.75, 3.05) is 46.2 Å². The van der Waals surface area contributed by atoms with E-state index in [-0.39, 0.29) is 0 Å². The number of likely N-dealkylation sites (N-methyl/N-ethyl adjacent to an activating group) is 1. The molecule has 0 spiro atoms. The summed E-state index contributed by atoms with van der Waals surface area (Å²) >= 11 is 0. The smallest absolute Gasteiger partial charge is 0.0433 e. The second-order valence-corrected chi connectivity index (χ2v) is 14.4. The first-order chi connectivity index (χ1) is 33.3. The molecule has 4 nitrogen and oxygen atoms in total. The fourth-order valence-corrected chi connectivity index (χ4v) is 5.35. The van der Waals surface area contributed by atoms with Crippen LogP contribution in [-0.2, 0) is 0 Å². The Kier molecular flexibility index (Phi) is 49.7. The highest BCUT2D eigenvalue weighted by molar-refractivity contribution is 5.50. The summed E-state index contributed by atoms with van der Waals surface area (Å²) in [6, 6.07) is 22.3. The van der Waals surface area contributed by atoms with E-state index < -0.39 is 0 Å². The fourth-order valence-electron chi connectivity index (χ4n) is 5.35. The Morgan fingerprint density at radius 1 is 0.696 bits per heavy atom. The molecule has 0 aromatic heterocycles. The van der Waals surface area contributed by atoms with Crippen LogP contribution in [0.2, 0.25) is 0 Å². The van der Waals surface area contributed by atoms with Crippen molar-refractivity contribution >= 4 is 5.69 Å². The van der Waals surface area contributed by atoms with Crippen molar-refractivity contribution in [2.45, 2.75) is 75.7 Å². The molecule has 0 unspecified atom stereocenters. The van der Waals surface area contributed by atoms with E-state index in [2.05, 4.69) is 159 Å². The van der Waals surface area contributed by atoms with Crippen molar-refractivity contribution in [2.24, 2.45) is 0 Å². The molecule has 4 heteroatoms. The molecule has 69 heavy (non-hydrogen) atoms. The molecule has 0 saturated heterocycles. The van der Waals surface area contributed by atoms with E-state index >= 15 is 0 Å². The minimum absolute atomic E-state index is 0.859. The van der Waals surface area contributed by atoms with Gasteiger partial charge >= 0.3 is 0 Å². The van der Waals surface area contributed by atoms with Crippen LogP contribution < -0.4 is 4.90 Å². The van der Waals surface area contributed by atoms with Crippen molar-refractivity contribution in [1.82, 2.24) is 14.7 Å². The molecule has 0 aliphatic carbocycles. The zero-order valence-electron chi connectivity index (χ0n) is 45.6. The van der Waals surface area contributed by atoms with E-state index in [1.165, 1.54) is 17.0 Å². The molecule has 0 radical (unpaired) electrons. The Balaban J connectivity index is -0.000000497. The van der Waals surface area contributed by atoms with Crippen molar-refractivity contribution in [3.8, 4) is 12.3 Å². The molecule has 0 fully saturated rings. The summed E-state index contributed by atoms with van der Waals surface area (Å²) in [7, 11) is 8.11. The average Bonchev–Trinajstić information content (AvgIpc) is 3.76. The molecule has 1 aliphatic rings. The van der Waals surface area contributed by atoms with Crippen LogP contribution in [0.1, 0.15) is 75.7 Å². The third-order valence-corrected chi connectivity index (χ3v) is 8.59. The SMILES string of the molecule is C#CC.C=C/C=C(\C=C1C=C(/C=C\C(=C)C)N(C/C=C\C)C\1)C(/C)=C/C=C(\C=C)N(C)C(/C=C\C)=C/C=C.C=CC=CC/C=C/N(C)/C=C/C.CC.CC.CN(C)c1ccccc1.c1ccccc1. The van der Waals surface area contributed by atoms with E-state index in [0.29, 0.717) is 0 Å². The molecule has 2 aromatic carbocycles. The van der Waals surface area contributed by atoms with Crippen molar-refractivity contribution in [3.05, 3.63) is 273 Å². The number of hydrogen-bond acceptors (Lipinski definition) is 4. The van der Waals surface area contributed by atoms with Gasteiger partial charge in [-0.3, -0.25) is 0 Å². The monoisotopic (exact) mass is 929 g/mol. The zero-order valence-corrected chi connectivity index (χ0v) is 45.6. The van der Waals surface area contributed by atoms with E-state index in [1.807, 2.05) is 185 Å². The molecule has 372 valence electrons. The van der Waals surface area contributed by atoms with Gasteiger partial charge in [-0.1, -0.05) is 200 Å². The molecule has 0 atom stereocenters. The summed E-state index contributed by atoms with van der Waals surface area (Å²) in [5, 5.41) is 0. The molecular formula is C65H92N4. The van der Waals surface area contributed by atoms with E-state index in [4.69, 9.17) is 0 Å². The van der Waals surface area contributed by atoms with Gasteiger partial charge in [-0.25, -0.2) is 0 Å². The number of benzene rings is 2. The number of anilines is 1. The predicted octanol–water partition coefficient (Wildman–Crippen LogP) is 17.8. The third-order valence-electron chi connectivity index (χ3n) is 8.59. The summed E-state index contributed by atoms with van der Waals surface area (Å²) in [6.45, 7) is 40.9. The summed E-state index contributed by atoms with van der Waals surface area (Å²) < 4.78 is 0. The zero-order chi connectivity index (χ0) is 53.1. The fraction of sp³-hybridized carbons (Fsp3) is 0.262. The number of para-hydroxylation sites is 1. The lowest BCUT2D eigenvalue weighted by Gasteiger charge is -2.21. The number of rotatable bonds is 19. The van der Waals surface area contributed by atoms with Crippen molar-refractivity contribution in [1.29, 1.82) is 0 Å². The Bertz CT molecular complexity index is 2050. The van der Waals surface area contributed by atoms with Crippen LogP contribution in [0.5, 0.6) is 0 Å². The second kappa shape index (κ2) is 50.2. The molecule has 0 saturated carbocycles. The predicted molar refractivity (Wildman–Crippen MR) is 318 cm³/mol. The van der Waals surface area contributed by atoms with Crippen molar-refractivity contribution in [3.63, 3.8) is 0 Å². The topological polar surface area (TPSA) is 13.0 Å². The van der Waals surface area contributed by atoms with Crippen molar-refractivity contribution < 1.29 is 0 Å². The highest BCUT2D eigenvalue weighted by Gasteiger charge is 2.16. The van der Waals surface area contributed by atoms with Gasteiger partial charge < -0.3 is 19.6 Å². The Hall–Kier alpha value is -7.22. The third kappa shape index (κ3) is 38.6. The standard InChI is InChI=1S/C33H42N2.C11H17N.C8H11N.C6H6.C3H4.2C2H6/c1-10-15-23-35-26-29(25-33(35)21-19-27(6)7)24-30(16-11-2)28(8)20-22-31(14-5)34(9)32(17-12-3)18-13-4;1-4-6-7-8-9-11-12(3)10-5-2;1-9(2)8-6-4-3-5-7-8;1-2-4-6-5-3-1;1-3-2;2*1-2/h10-22,24-25H,2-3,5-6,23,26H2,1,4,7-9H3;4-7,9-11H,1,8H2,2-3H3;3-7H,1-2H3;1-6H;1H,2H3;2*1-2H3/b15-10-,18-13-,21-19-,28-20+,29-24-,30-16+,31-22+,32-17+;7-6?,10-5+,11-9+;;;;;. The van der Waals surface area contributed by atoms with E-state index in [9.17, 15) is 0 Å². The lowest BCUT2D eigenvalue weighted by Crippen LogP contribution is -2.19. The average molecular weight is 929 g/mol. The molecule has 3 rings (SSSR count). The molecule has 1 aliphatic heterocycles. The minimum Gasteiger partial charge on any atom is -0.378 e. The van der Waals surface area contributed by atoms with Crippen LogP contribution >= 0.6 is 0 Å². The summed E-state index contributed by atoms with van der Waals surface area (Å²) in [5.41, 5.74) is 9.03. The van der Waals surface area contributed by atoms with Crippen LogP contribution in [0.15, 0.2) is 273 Å². The van der Waals surface area contributed by atoms with Gasteiger partial charge in [0.2, 0.25) is 0 Å². The Labute approximate surface area is 425 Å². The van der Waals surface area contributed by atoms with Crippen LogP contribution in [0.25, 0.3) is 0 Å². The first kappa shape index (κ1) is 68.4. The van der Waals surface area contributed by atoms with Gasteiger partial charge in [0.25, 0.3) is 0 Å². The van der Waals surface area contributed by atoms with Crippen LogP contribution in [0.4, 0.5) is 5.69 Å². The number of nitrogens with zero attached hydrogens (tertiary/aromatic N) is 4. The minimum atomic E-state index is 0.859. The molecule has 2 aromatic rings. The lowest BCUT2D eigenvalue weighted by atomic mass is 10.0. The van der Waals surface area contributed by atoms with Crippen LogP contribution in [0, 0.1) is 12.3 Å². The second-order valence-electron chi connectivity index (χ2n) is 14.4. The van der Waals surface area contributed by atoms with Gasteiger partial charge in [0.1, 0.15) is 0 Å². The van der Waals surface area contributed by atoms with Gasteiger partial charge in [-0.2, -0.15) is 0 Å². The maximum absolute atomic E-state index is 4.60. The highest BCUT2D eigenvalue weighted by Crippen LogP contribution is 2.25. The highest BCUT2D eigenvalue weighted by atomic mass is 15.1. The Morgan fingerprint density at radius 3 is 1.71 bits per heavy atom. The quantitative estimate of drug-likeness (QED) is 0.0790. The van der Waals surface area contributed by atoms with Gasteiger partial charge in [-0.05, 0) is 132 Å². The molecule has 1 heterocycles. The molecule has 0 amide bonds.